The third kappa shape index (κ3) is 1.80. The Morgan fingerprint density at radius 3 is 2.93 bits per heavy atom. The Morgan fingerprint density at radius 2 is 2.29 bits per heavy atom. The number of hydrogen-bond acceptors (Lipinski definition) is 2. The van der Waals surface area contributed by atoms with E-state index in [1.807, 2.05) is 0 Å². The average molecular weight is 219 g/mol. The molecule has 1 spiro atoms. The van der Waals surface area contributed by atoms with Crippen molar-refractivity contribution in [2.24, 2.45) is 5.92 Å². The first-order valence-corrected chi connectivity index (χ1v) is 6.22. The molecule has 0 amide bonds. The zero-order valence-electron chi connectivity index (χ0n) is 8.80. The highest BCUT2D eigenvalue weighted by Crippen LogP contribution is 2.43. The summed E-state index contributed by atoms with van der Waals surface area (Å²) in [4.78, 5) is 0. The second-order valence-corrected chi connectivity index (χ2v) is 4.68. The summed E-state index contributed by atoms with van der Waals surface area (Å²) >= 11 is 5.80. The van der Waals surface area contributed by atoms with Crippen LogP contribution in [0.2, 0.25) is 0 Å². The molecular weight excluding hydrogens is 200 g/mol. The van der Waals surface area contributed by atoms with Gasteiger partial charge in [-0.2, -0.15) is 0 Å². The quantitative estimate of drug-likeness (QED) is 0.664. The van der Waals surface area contributed by atoms with Gasteiger partial charge in [0.2, 0.25) is 0 Å². The minimum atomic E-state index is -0.271. The van der Waals surface area contributed by atoms with E-state index >= 15 is 0 Å². The van der Waals surface area contributed by atoms with Gasteiger partial charge < -0.3 is 9.47 Å². The summed E-state index contributed by atoms with van der Waals surface area (Å²) in [6.07, 6.45) is 6.10. The van der Waals surface area contributed by atoms with Crippen molar-refractivity contribution >= 4 is 11.6 Å². The molecule has 3 atom stereocenters. The summed E-state index contributed by atoms with van der Waals surface area (Å²) in [6, 6.07) is 0. The average Bonchev–Trinajstić information content (AvgIpc) is 2.63. The van der Waals surface area contributed by atoms with Gasteiger partial charge in [0.25, 0.3) is 0 Å². The maximum Gasteiger partial charge on any atom is 0.171 e. The Morgan fingerprint density at radius 1 is 1.43 bits per heavy atom. The fourth-order valence-electron chi connectivity index (χ4n) is 2.71. The molecule has 0 aromatic heterocycles. The van der Waals surface area contributed by atoms with Gasteiger partial charge in [0, 0.05) is 12.3 Å². The summed E-state index contributed by atoms with van der Waals surface area (Å²) < 4.78 is 11.9. The van der Waals surface area contributed by atoms with E-state index in [9.17, 15) is 0 Å². The van der Waals surface area contributed by atoms with E-state index in [0.29, 0.717) is 18.4 Å². The molecule has 14 heavy (non-hydrogen) atoms. The number of ether oxygens (including phenoxy) is 2. The first-order chi connectivity index (χ1) is 6.80. The van der Waals surface area contributed by atoms with Gasteiger partial charge >= 0.3 is 0 Å². The van der Waals surface area contributed by atoms with Crippen LogP contribution in [-0.4, -0.2) is 24.4 Å². The van der Waals surface area contributed by atoms with Crippen molar-refractivity contribution in [3.63, 3.8) is 0 Å². The lowest BCUT2D eigenvalue weighted by molar-refractivity contribution is -0.220. The highest BCUT2D eigenvalue weighted by Gasteiger charge is 2.47. The Hall–Kier alpha value is 0.210. The smallest absolute Gasteiger partial charge is 0.171 e. The van der Waals surface area contributed by atoms with Crippen molar-refractivity contribution in [3.05, 3.63) is 0 Å². The zero-order chi connectivity index (χ0) is 10.0. The van der Waals surface area contributed by atoms with Crippen molar-refractivity contribution < 1.29 is 9.47 Å². The predicted molar refractivity (Wildman–Crippen MR) is 56.5 cm³/mol. The molecule has 0 aromatic rings. The highest BCUT2D eigenvalue weighted by atomic mass is 35.5. The summed E-state index contributed by atoms with van der Waals surface area (Å²) in [5.41, 5.74) is 0. The van der Waals surface area contributed by atoms with Crippen LogP contribution < -0.4 is 0 Å². The van der Waals surface area contributed by atoms with Gasteiger partial charge in [0.1, 0.15) is 0 Å². The molecule has 0 aromatic carbocycles. The Labute approximate surface area is 90.9 Å². The highest BCUT2D eigenvalue weighted by molar-refractivity contribution is 6.18. The molecule has 1 saturated heterocycles. The maximum atomic E-state index is 5.99. The van der Waals surface area contributed by atoms with Gasteiger partial charge in [-0.3, -0.25) is 0 Å². The van der Waals surface area contributed by atoms with Crippen LogP contribution in [0.25, 0.3) is 0 Å². The molecule has 2 aliphatic rings. The fourth-order valence-corrected chi connectivity index (χ4v) is 2.86. The van der Waals surface area contributed by atoms with Crippen LogP contribution in [0.5, 0.6) is 0 Å². The number of hydrogen-bond donors (Lipinski definition) is 0. The number of rotatable bonds is 2. The Balaban J connectivity index is 2.05. The lowest BCUT2D eigenvalue weighted by Crippen LogP contribution is -2.42. The molecule has 2 fully saturated rings. The molecule has 1 aliphatic carbocycles. The fraction of sp³-hybridized carbons (Fsp3) is 1.00. The van der Waals surface area contributed by atoms with E-state index in [-0.39, 0.29) is 11.9 Å². The lowest BCUT2D eigenvalue weighted by Gasteiger charge is -2.39. The summed E-state index contributed by atoms with van der Waals surface area (Å²) in [6.45, 7) is 2.90. The van der Waals surface area contributed by atoms with Gasteiger partial charge in [0.15, 0.2) is 5.79 Å². The lowest BCUT2D eigenvalue weighted by atomic mass is 9.81. The van der Waals surface area contributed by atoms with Crippen LogP contribution in [0.3, 0.4) is 0 Å². The van der Waals surface area contributed by atoms with Crippen molar-refractivity contribution in [1.29, 1.82) is 0 Å². The van der Waals surface area contributed by atoms with Crippen molar-refractivity contribution in [2.45, 2.75) is 50.9 Å². The van der Waals surface area contributed by atoms with Crippen molar-refractivity contribution in [2.75, 3.05) is 12.5 Å². The van der Waals surface area contributed by atoms with E-state index in [1.54, 1.807) is 0 Å². The van der Waals surface area contributed by atoms with Gasteiger partial charge in [-0.25, -0.2) is 0 Å². The van der Waals surface area contributed by atoms with Crippen LogP contribution in [0, 0.1) is 5.92 Å². The van der Waals surface area contributed by atoms with Gasteiger partial charge in [0.05, 0.1) is 18.6 Å². The van der Waals surface area contributed by atoms with Crippen LogP contribution in [-0.2, 0) is 9.47 Å². The Bertz CT molecular complexity index is 198. The molecule has 3 heteroatoms. The second kappa shape index (κ2) is 4.38. The molecule has 2 nitrogen and oxygen atoms in total. The molecule has 3 unspecified atom stereocenters. The SMILES string of the molecule is CCC1CCCCC12OCC(CCl)O2. The first-order valence-electron chi connectivity index (χ1n) is 5.68. The minimum Gasteiger partial charge on any atom is -0.347 e. The summed E-state index contributed by atoms with van der Waals surface area (Å²) in [7, 11) is 0. The van der Waals surface area contributed by atoms with Gasteiger partial charge in [-0.1, -0.05) is 13.3 Å². The first kappa shape index (κ1) is 10.7. The van der Waals surface area contributed by atoms with E-state index < -0.39 is 0 Å². The van der Waals surface area contributed by atoms with E-state index in [2.05, 4.69) is 6.92 Å². The largest absolute Gasteiger partial charge is 0.347 e. The molecule has 2 rings (SSSR count). The standard InChI is InChI=1S/C11H19ClO2/c1-2-9-5-3-4-6-11(9)13-8-10(7-12)14-11/h9-10H,2-8H2,1H3. The van der Waals surface area contributed by atoms with E-state index in [0.717, 1.165) is 12.8 Å². The maximum absolute atomic E-state index is 5.99. The zero-order valence-corrected chi connectivity index (χ0v) is 9.55. The third-order valence-electron chi connectivity index (χ3n) is 3.49. The van der Waals surface area contributed by atoms with Crippen LogP contribution in [0.1, 0.15) is 39.0 Å². The van der Waals surface area contributed by atoms with E-state index in [1.165, 1.54) is 19.3 Å². The molecule has 1 heterocycles. The summed E-state index contributed by atoms with van der Waals surface area (Å²) in [5.74, 6) is 0.856. The molecular formula is C11H19ClO2. The number of alkyl halides is 1. The normalized spacial score (nSPS) is 43.3. The molecule has 1 saturated carbocycles. The molecule has 0 N–H and O–H groups in total. The van der Waals surface area contributed by atoms with Crippen LogP contribution >= 0.6 is 11.6 Å². The second-order valence-electron chi connectivity index (χ2n) is 4.37. The van der Waals surface area contributed by atoms with Crippen molar-refractivity contribution in [3.8, 4) is 0 Å². The molecule has 82 valence electrons. The molecule has 0 bridgehead atoms. The topological polar surface area (TPSA) is 18.5 Å². The van der Waals surface area contributed by atoms with Crippen LogP contribution in [0.4, 0.5) is 0 Å². The van der Waals surface area contributed by atoms with Crippen LogP contribution in [0.15, 0.2) is 0 Å². The molecule has 1 aliphatic heterocycles. The number of halogens is 1. The third-order valence-corrected chi connectivity index (χ3v) is 3.84. The van der Waals surface area contributed by atoms with E-state index in [4.69, 9.17) is 21.1 Å². The predicted octanol–water partition coefficient (Wildman–Crippen LogP) is 2.94. The Kier molecular flexibility index (Phi) is 3.35. The summed E-state index contributed by atoms with van der Waals surface area (Å²) in [5, 5.41) is 0. The van der Waals surface area contributed by atoms with Gasteiger partial charge in [-0.05, 0) is 19.3 Å². The monoisotopic (exact) mass is 218 g/mol. The minimum absolute atomic E-state index is 0.115. The molecule has 0 radical (unpaired) electrons. The van der Waals surface area contributed by atoms with Crippen molar-refractivity contribution in [1.82, 2.24) is 0 Å². The van der Waals surface area contributed by atoms with Gasteiger partial charge in [-0.15, -0.1) is 11.6 Å².